The van der Waals surface area contributed by atoms with E-state index in [1.807, 2.05) is 0 Å². The van der Waals surface area contributed by atoms with Crippen LogP contribution in [0.2, 0.25) is 0 Å². The number of amides is 2. The van der Waals surface area contributed by atoms with Gasteiger partial charge in [-0.2, -0.15) is 0 Å². The van der Waals surface area contributed by atoms with Crippen molar-refractivity contribution < 1.29 is 29.4 Å². The molecule has 0 aliphatic rings. The van der Waals surface area contributed by atoms with Gasteiger partial charge in [0.1, 0.15) is 20.1 Å². The predicted octanol–water partition coefficient (Wildman–Crippen LogP) is 1.79. The number of nitrogens with one attached hydrogen (secondary N) is 2. The first-order valence-corrected chi connectivity index (χ1v) is 7.95. The molecule has 0 fully saturated rings. The van der Waals surface area contributed by atoms with Crippen molar-refractivity contribution in [3.63, 3.8) is 0 Å². The fourth-order valence-corrected chi connectivity index (χ4v) is 1.71. The molecular weight excluding hydrogens is 422 g/mol. The second-order valence-corrected chi connectivity index (χ2v) is 6.91. The minimum Gasteiger partial charge on any atom is -0.477 e. The van der Waals surface area contributed by atoms with Gasteiger partial charge >= 0.3 is 11.9 Å². The molecule has 2 amide bonds. The van der Waals surface area contributed by atoms with Crippen LogP contribution in [0, 0.1) is 5.41 Å². The van der Waals surface area contributed by atoms with E-state index < -0.39 is 49.3 Å². The summed E-state index contributed by atoms with van der Waals surface area (Å²) in [6, 6.07) is 0. The molecule has 0 aromatic carbocycles. The highest BCUT2D eigenvalue weighted by molar-refractivity contribution is 6.54. The Morgan fingerprint density at radius 3 is 1.24 bits per heavy atom. The molecule has 0 unspecified atom stereocenters. The number of aliphatic carboxylic acids is 2. The Bertz CT molecular complexity index is 603. The normalized spacial score (nSPS) is 13.4. The van der Waals surface area contributed by atoms with E-state index >= 15 is 0 Å². The standard InChI is InChI=1S/C13H14Cl4N2O6/c1-13(2,3-18-9(20)5(14)7(16)11(22)23)4-19-10(21)6(15)8(17)12(24)25/h3-4H2,1-2H3,(H,18,20)(H,19,21)(H,22,23)(H,24,25)/b7-5+,8-6+. The van der Waals surface area contributed by atoms with E-state index in [2.05, 4.69) is 10.6 Å². The largest absolute Gasteiger partial charge is 0.477 e. The van der Waals surface area contributed by atoms with E-state index in [9.17, 15) is 19.2 Å². The Kier molecular flexibility index (Phi) is 9.28. The second-order valence-electron chi connectivity index (χ2n) is 5.40. The molecule has 25 heavy (non-hydrogen) atoms. The fraction of sp³-hybridized carbons (Fsp3) is 0.385. The van der Waals surface area contributed by atoms with Crippen molar-refractivity contribution in [3.05, 3.63) is 20.1 Å². The van der Waals surface area contributed by atoms with Crippen molar-refractivity contribution in [2.24, 2.45) is 5.41 Å². The lowest BCUT2D eigenvalue weighted by molar-refractivity contribution is -0.133. The zero-order valence-corrected chi connectivity index (χ0v) is 16.0. The zero-order valence-electron chi connectivity index (χ0n) is 13.0. The molecular formula is C13H14Cl4N2O6. The monoisotopic (exact) mass is 434 g/mol. The summed E-state index contributed by atoms with van der Waals surface area (Å²) in [5.74, 6) is -4.91. The highest BCUT2D eigenvalue weighted by Gasteiger charge is 2.24. The number of carboxylic acid groups (broad SMARTS) is 2. The number of hydrogen-bond donors (Lipinski definition) is 4. The molecule has 0 aromatic heterocycles. The molecule has 0 aliphatic heterocycles. The summed E-state index contributed by atoms with van der Waals surface area (Å²) >= 11 is 21.8. The fourth-order valence-electron chi connectivity index (χ4n) is 1.24. The van der Waals surface area contributed by atoms with Crippen LogP contribution in [0.4, 0.5) is 0 Å². The minimum absolute atomic E-state index is 0.0138. The van der Waals surface area contributed by atoms with Gasteiger partial charge in [0.15, 0.2) is 0 Å². The summed E-state index contributed by atoms with van der Waals surface area (Å²) in [7, 11) is 0. The topological polar surface area (TPSA) is 133 Å². The lowest BCUT2D eigenvalue weighted by Gasteiger charge is -2.25. The van der Waals surface area contributed by atoms with Crippen LogP contribution >= 0.6 is 46.4 Å². The Hall–Kier alpha value is -1.48. The molecule has 0 aromatic rings. The Morgan fingerprint density at radius 1 is 0.720 bits per heavy atom. The van der Waals surface area contributed by atoms with E-state index in [0.717, 1.165) is 0 Å². The predicted molar refractivity (Wildman–Crippen MR) is 92.5 cm³/mol. The molecule has 8 nitrogen and oxygen atoms in total. The Labute approximate surface area is 162 Å². The quantitative estimate of drug-likeness (QED) is 0.429. The lowest BCUT2D eigenvalue weighted by atomic mass is 9.93. The third-order valence-electron chi connectivity index (χ3n) is 2.61. The SMILES string of the molecule is CC(C)(CNC(=O)/C(Cl)=C(\Cl)C(=O)O)CNC(=O)/C(Cl)=C(\Cl)C(=O)O. The molecule has 140 valence electrons. The van der Waals surface area contributed by atoms with E-state index in [1.165, 1.54) is 0 Å². The van der Waals surface area contributed by atoms with Gasteiger partial charge in [-0.25, -0.2) is 9.59 Å². The average molecular weight is 436 g/mol. The molecule has 0 aliphatic carbocycles. The van der Waals surface area contributed by atoms with Crippen molar-refractivity contribution in [1.29, 1.82) is 0 Å². The lowest BCUT2D eigenvalue weighted by Crippen LogP contribution is -2.42. The Morgan fingerprint density at radius 2 is 1.00 bits per heavy atom. The minimum atomic E-state index is -1.55. The maximum absolute atomic E-state index is 11.7. The maximum Gasteiger partial charge on any atom is 0.349 e. The van der Waals surface area contributed by atoms with Crippen LogP contribution in [0.1, 0.15) is 13.8 Å². The van der Waals surface area contributed by atoms with Gasteiger partial charge in [0.05, 0.1) is 0 Å². The van der Waals surface area contributed by atoms with Crippen molar-refractivity contribution in [2.75, 3.05) is 13.1 Å². The first kappa shape index (κ1) is 23.5. The number of carbonyl (C=O) groups is 4. The van der Waals surface area contributed by atoms with Gasteiger partial charge in [-0.3, -0.25) is 9.59 Å². The van der Waals surface area contributed by atoms with Gasteiger partial charge in [0, 0.05) is 13.1 Å². The van der Waals surface area contributed by atoms with Gasteiger partial charge in [-0.15, -0.1) is 0 Å². The van der Waals surface area contributed by atoms with Gasteiger partial charge in [0.2, 0.25) is 0 Å². The number of halogens is 4. The first-order valence-electron chi connectivity index (χ1n) is 6.43. The van der Waals surface area contributed by atoms with Gasteiger partial charge in [0.25, 0.3) is 11.8 Å². The van der Waals surface area contributed by atoms with Crippen molar-refractivity contribution >= 4 is 70.2 Å². The summed E-state index contributed by atoms with van der Waals surface area (Å²) in [6.45, 7) is 3.28. The third kappa shape index (κ3) is 7.96. The number of carbonyl (C=O) groups excluding carboxylic acids is 2. The smallest absolute Gasteiger partial charge is 0.349 e. The van der Waals surface area contributed by atoms with Crippen molar-refractivity contribution in [1.82, 2.24) is 10.6 Å². The molecule has 0 radical (unpaired) electrons. The third-order valence-corrected chi connectivity index (χ3v) is 4.23. The maximum atomic E-state index is 11.7. The highest BCUT2D eigenvalue weighted by Crippen LogP contribution is 2.18. The van der Waals surface area contributed by atoms with E-state index in [-0.39, 0.29) is 13.1 Å². The summed E-state index contributed by atoms with van der Waals surface area (Å²) in [5.41, 5.74) is -0.717. The van der Waals surface area contributed by atoms with E-state index in [1.54, 1.807) is 13.8 Å². The van der Waals surface area contributed by atoms with Crippen LogP contribution in [0.5, 0.6) is 0 Å². The molecule has 0 rings (SSSR count). The second kappa shape index (κ2) is 9.86. The summed E-state index contributed by atoms with van der Waals surface area (Å²) in [6.07, 6.45) is 0. The van der Waals surface area contributed by atoms with Gasteiger partial charge in [-0.1, -0.05) is 60.3 Å². The summed E-state index contributed by atoms with van der Waals surface area (Å²) in [5, 5.41) is 19.0. The van der Waals surface area contributed by atoms with Crippen LogP contribution < -0.4 is 10.6 Å². The van der Waals surface area contributed by atoms with Crippen molar-refractivity contribution in [3.8, 4) is 0 Å². The van der Waals surface area contributed by atoms with Crippen LogP contribution in [-0.2, 0) is 19.2 Å². The van der Waals surface area contributed by atoms with Crippen LogP contribution in [0.25, 0.3) is 0 Å². The molecule has 0 bridgehead atoms. The van der Waals surface area contributed by atoms with Gasteiger partial charge < -0.3 is 20.8 Å². The van der Waals surface area contributed by atoms with Crippen LogP contribution in [0.3, 0.4) is 0 Å². The zero-order chi connectivity index (χ0) is 19.9. The number of hydrogen-bond acceptors (Lipinski definition) is 4. The molecule has 0 atom stereocenters. The van der Waals surface area contributed by atoms with Crippen LogP contribution in [-0.4, -0.2) is 47.1 Å². The number of carboxylic acids is 2. The molecule has 4 N–H and O–H groups in total. The molecule has 0 saturated heterocycles. The number of rotatable bonds is 8. The summed E-state index contributed by atoms with van der Waals surface area (Å²) < 4.78 is 0. The van der Waals surface area contributed by atoms with E-state index in [4.69, 9.17) is 56.6 Å². The van der Waals surface area contributed by atoms with Crippen molar-refractivity contribution in [2.45, 2.75) is 13.8 Å². The molecule has 0 spiro atoms. The van der Waals surface area contributed by atoms with Crippen LogP contribution in [0.15, 0.2) is 20.1 Å². The molecule has 0 heterocycles. The summed E-state index contributed by atoms with van der Waals surface area (Å²) in [4.78, 5) is 44.6. The first-order chi connectivity index (χ1) is 11.3. The van der Waals surface area contributed by atoms with E-state index in [0.29, 0.717) is 0 Å². The van der Waals surface area contributed by atoms with Gasteiger partial charge in [-0.05, 0) is 5.41 Å². The Balaban J connectivity index is 4.77. The highest BCUT2D eigenvalue weighted by atomic mass is 35.5. The molecule has 0 saturated carbocycles. The average Bonchev–Trinajstić information content (AvgIpc) is 2.54. The molecule has 12 heteroatoms.